The highest BCUT2D eigenvalue weighted by molar-refractivity contribution is 7.88. The summed E-state index contributed by atoms with van der Waals surface area (Å²) >= 11 is 0. The Morgan fingerprint density at radius 1 is 1.12 bits per heavy atom. The lowest BCUT2D eigenvalue weighted by molar-refractivity contribution is -0.143. The van der Waals surface area contributed by atoms with E-state index >= 15 is 0 Å². The number of nitrogens with zero attached hydrogens (tertiary/aromatic N) is 1. The number of benzene rings is 1. The molecule has 0 fully saturated rings. The van der Waals surface area contributed by atoms with E-state index in [0.29, 0.717) is 38.8 Å². The zero-order valence-electron chi connectivity index (χ0n) is 19.1. The topological polar surface area (TPSA) is 93.1 Å². The van der Waals surface area contributed by atoms with Crippen molar-refractivity contribution in [3.63, 3.8) is 0 Å². The van der Waals surface area contributed by atoms with Crippen LogP contribution in [0.5, 0.6) is 5.75 Å². The number of ether oxygens (including phenoxy) is 2. The van der Waals surface area contributed by atoms with Crippen molar-refractivity contribution in [2.75, 3.05) is 32.6 Å². The van der Waals surface area contributed by atoms with E-state index in [-0.39, 0.29) is 31.3 Å². The van der Waals surface area contributed by atoms with Crippen LogP contribution < -0.4 is 4.74 Å². The van der Waals surface area contributed by atoms with Gasteiger partial charge in [-0.2, -0.15) is 13.2 Å². The molecular formula is C22H34F3NO6S. The van der Waals surface area contributed by atoms with Gasteiger partial charge in [0.25, 0.3) is 0 Å². The number of alkyl halides is 3. The van der Waals surface area contributed by atoms with Gasteiger partial charge >= 0.3 is 12.1 Å². The van der Waals surface area contributed by atoms with Gasteiger partial charge in [0.1, 0.15) is 12.4 Å². The van der Waals surface area contributed by atoms with Gasteiger partial charge in [-0.3, -0.25) is 4.79 Å². The zero-order chi connectivity index (χ0) is 24.9. The van der Waals surface area contributed by atoms with Crippen LogP contribution in [0.15, 0.2) is 24.3 Å². The van der Waals surface area contributed by atoms with Crippen LogP contribution in [0.3, 0.4) is 0 Å². The molecule has 0 spiro atoms. The number of unbranched alkanes of at least 4 members (excludes halogenated alkanes) is 3. The fourth-order valence-corrected chi connectivity index (χ4v) is 4.05. The van der Waals surface area contributed by atoms with Crippen LogP contribution in [0.2, 0.25) is 0 Å². The molecular weight excluding hydrogens is 463 g/mol. The van der Waals surface area contributed by atoms with E-state index in [1.54, 1.807) is 6.92 Å². The number of rotatable bonds is 16. The molecule has 0 aliphatic rings. The van der Waals surface area contributed by atoms with Crippen LogP contribution in [0.25, 0.3) is 0 Å². The molecule has 1 rings (SSSR count). The van der Waals surface area contributed by atoms with E-state index in [1.165, 1.54) is 16.4 Å². The molecule has 33 heavy (non-hydrogen) atoms. The van der Waals surface area contributed by atoms with Gasteiger partial charge in [-0.1, -0.05) is 18.9 Å². The van der Waals surface area contributed by atoms with Crippen LogP contribution >= 0.6 is 0 Å². The van der Waals surface area contributed by atoms with Gasteiger partial charge in [-0.25, -0.2) is 12.7 Å². The van der Waals surface area contributed by atoms with Crippen molar-refractivity contribution < 1.29 is 41.0 Å². The van der Waals surface area contributed by atoms with Gasteiger partial charge in [0.05, 0.1) is 24.5 Å². The minimum atomic E-state index is -4.48. The third-order valence-corrected chi connectivity index (χ3v) is 6.16. The van der Waals surface area contributed by atoms with Gasteiger partial charge in [-0.15, -0.1) is 0 Å². The molecule has 7 nitrogen and oxygen atoms in total. The van der Waals surface area contributed by atoms with Crippen molar-refractivity contribution >= 4 is 16.0 Å². The number of carbonyl (C=O) groups excluding carboxylic acids is 1. The summed E-state index contributed by atoms with van der Waals surface area (Å²) in [5.74, 6) is -0.226. The van der Waals surface area contributed by atoms with E-state index in [9.17, 15) is 31.5 Å². The first kappa shape index (κ1) is 29.2. The van der Waals surface area contributed by atoms with Crippen molar-refractivity contribution in [3.05, 3.63) is 29.8 Å². The minimum Gasteiger partial charge on any atom is -0.491 e. The van der Waals surface area contributed by atoms with E-state index < -0.39 is 27.9 Å². The molecule has 11 heteroatoms. The van der Waals surface area contributed by atoms with Gasteiger partial charge in [0.15, 0.2) is 0 Å². The van der Waals surface area contributed by atoms with E-state index in [4.69, 9.17) is 9.47 Å². The second kappa shape index (κ2) is 14.4. The lowest BCUT2D eigenvalue weighted by atomic mass is 10.1. The molecule has 0 saturated carbocycles. The Kier molecular flexibility index (Phi) is 12.8. The molecule has 0 aliphatic carbocycles. The molecule has 0 aliphatic heterocycles. The number of halogens is 3. The van der Waals surface area contributed by atoms with E-state index in [2.05, 4.69) is 0 Å². The average molecular weight is 498 g/mol. The second-order valence-corrected chi connectivity index (χ2v) is 9.75. The highest BCUT2D eigenvalue weighted by Gasteiger charge is 2.30. The predicted octanol–water partition coefficient (Wildman–Crippen LogP) is 4.00. The summed E-state index contributed by atoms with van der Waals surface area (Å²) in [5.41, 5.74) is -0.834. The Bertz CT molecular complexity index is 817. The fourth-order valence-electron chi connectivity index (χ4n) is 3.13. The van der Waals surface area contributed by atoms with Crippen LogP contribution in [0, 0.1) is 0 Å². The third kappa shape index (κ3) is 12.8. The fraction of sp³-hybridized carbons (Fsp3) is 0.682. The molecule has 0 radical (unpaired) electrons. The summed E-state index contributed by atoms with van der Waals surface area (Å²) in [6, 6.07) is 4.40. The summed E-state index contributed by atoms with van der Waals surface area (Å²) in [5, 5.41) is 10.1. The van der Waals surface area contributed by atoms with Gasteiger partial charge in [0, 0.05) is 19.5 Å². The molecule has 0 aromatic heterocycles. The predicted molar refractivity (Wildman–Crippen MR) is 118 cm³/mol. The molecule has 1 unspecified atom stereocenters. The SMILES string of the molecule is CCOC(=O)CCCCCCN(CCCC(O)COc1cccc(C(F)(F)F)c1)S(C)(=O)=O. The van der Waals surface area contributed by atoms with E-state index in [1.807, 2.05) is 0 Å². The molecule has 1 aromatic carbocycles. The van der Waals surface area contributed by atoms with Crippen molar-refractivity contribution in [1.82, 2.24) is 4.31 Å². The first-order valence-electron chi connectivity index (χ1n) is 11.0. The number of carbonyl (C=O) groups is 1. The summed E-state index contributed by atoms with van der Waals surface area (Å²) in [7, 11) is -3.41. The molecule has 190 valence electrons. The molecule has 1 aromatic rings. The summed E-state index contributed by atoms with van der Waals surface area (Å²) < 4.78 is 73.7. The second-order valence-electron chi connectivity index (χ2n) is 7.76. The number of sulfonamides is 1. The first-order valence-corrected chi connectivity index (χ1v) is 12.9. The molecule has 0 bridgehead atoms. The highest BCUT2D eigenvalue weighted by atomic mass is 32.2. The Balaban J connectivity index is 2.33. The van der Waals surface area contributed by atoms with Crippen LogP contribution in [0.1, 0.15) is 57.4 Å². The number of esters is 1. The smallest absolute Gasteiger partial charge is 0.416 e. The van der Waals surface area contributed by atoms with Crippen molar-refractivity contribution in [2.45, 2.75) is 64.1 Å². The summed E-state index contributed by atoms with van der Waals surface area (Å²) in [6.07, 6.45) is -0.413. The maximum Gasteiger partial charge on any atom is 0.416 e. The van der Waals surface area contributed by atoms with Crippen molar-refractivity contribution in [3.8, 4) is 5.75 Å². The maximum atomic E-state index is 12.7. The Hall–Kier alpha value is -1.85. The maximum absolute atomic E-state index is 12.7. The highest BCUT2D eigenvalue weighted by Crippen LogP contribution is 2.31. The quantitative estimate of drug-likeness (QED) is 0.274. The molecule has 1 atom stereocenters. The normalized spacial score (nSPS) is 13.2. The number of hydrogen-bond donors (Lipinski definition) is 1. The minimum absolute atomic E-state index is 0.00425. The standard InChI is InChI=1S/C22H34F3NO6S/c1-3-31-21(28)13-6-4-5-7-14-26(33(2,29)30)15-9-11-19(27)17-32-20-12-8-10-18(16-20)22(23,24)25/h8,10,12,16,19,27H,3-7,9,11,13-15,17H2,1-2H3. The lowest BCUT2D eigenvalue weighted by Crippen LogP contribution is -2.32. The lowest BCUT2D eigenvalue weighted by Gasteiger charge is -2.21. The van der Waals surface area contributed by atoms with Crippen LogP contribution in [0.4, 0.5) is 13.2 Å². The van der Waals surface area contributed by atoms with Crippen LogP contribution in [-0.2, 0) is 25.7 Å². The Labute approximate surface area is 193 Å². The monoisotopic (exact) mass is 497 g/mol. The number of hydrogen-bond acceptors (Lipinski definition) is 6. The van der Waals surface area contributed by atoms with Crippen molar-refractivity contribution in [1.29, 1.82) is 0 Å². The summed E-state index contributed by atoms with van der Waals surface area (Å²) in [4.78, 5) is 11.3. The molecule has 0 saturated heterocycles. The van der Waals surface area contributed by atoms with E-state index in [0.717, 1.165) is 31.2 Å². The van der Waals surface area contributed by atoms with Crippen molar-refractivity contribution in [2.24, 2.45) is 0 Å². The average Bonchev–Trinajstić information content (AvgIpc) is 2.72. The third-order valence-electron chi connectivity index (χ3n) is 4.86. The zero-order valence-corrected chi connectivity index (χ0v) is 20.0. The largest absolute Gasteiger partial charge is 0.491 e. The van der Waals surface area contributed by atoms with Gasteiger partial charge < -0.3 is 14.6 Å². The van der Waals surface area contributed by atoms with Crippen LogP contribution in [-0.4, -0.2) is 62.5 Å². The molecule has 0 heterocycles. The Morgan fingerprint density at radius 3 is 2.42 bits per heavy atom. The Morgan fingerprint density at radius 2 is 1.79 bits per heavy atom. The first-order chi connectivity index (χ1) is 15.4. The molecule has 1 N–H and O–H groups in total. The molecule has 0 amide bonds. The number of aliphatic hydroxyl groups excluding tert-OH is 1. The van der Waals surface area contributed by atoms with Gasteiger partial charge in [0.2, 0.25) is 10.0 Å². The van der Waals surface area contributed by atoms with Gasteiger partial charge in [-0.05, 0) is 50.8 Å². The number of aliphatic hydroxyl groups is 1. The summed E-state index contributed by atoms with van der Waals surface area (Å²) in [6.45, 7) is 2.48.